The van der Waals surface area contributed by atoms with E-state index in [-0.39, 0.29) is 22.9 Å². The molecule has 5 nitrogen and oxygen atoms in total. The van der Waals surface area contributed by atoms with Gasteiger partial charge in [0.15, 0.2) is 0 Å². The summed E-state index contributed by atoms with van der Waals surface area (Å²) in [6.07, 6.45) is 8.24. The molecule has 0 aromatic rings. The predicted molar refractivity (Wildman–Crippen MR) is 101 cm³/mol. The Hall–Kier alpha value is -1.36. The van der Waals surface area contributed by atoms with Crippen molar-refractivity contribution in [2.75, 3.05) is 0 Å². The number of aliphatic hydroxyl groups is 1. The molecule has 0 aromatic heterocycles. The van der Waals surface area contributed by atoms with Crippen LogP contribution in [0.3, 0.4) is 0 Å². The van der Waals surface area contributed by atoms with E-state index in [9.17, 15) is 14.7 Å². The van der Waals surface area contributed by atoms with E-state index in [1.165, 1.54) is 12.5 Å². The molecule has 1 unspecified atom stereocenters. The van der Waals surface area contributed by atoms with Gasteiger partial charge in [-0.05, 0) is 68.1 Å². The lowest BCUT2D eigenvalue weighted by Gasteiger charge is -2.58. The SMILES string of the molecule is CC(=O)O[C@H]1CC[C@H]2[C@@H]3CCC4=C[C@H](O)C(C(N)=O)C[C@]4(C)[C@H]3CC[C@]12C. The molecule has 4 rings (SSSR count). The molecule has 27 heavy (non-hydrogen) atoms. The van der Waals surface area contributed by atoms with Gasteiger partial charge < -0.3 is 15.6 Å². The maximum Gasteiger partial charge on any atom is 0.302 e. The summed E-state index contributed by atoms with van der Waals surface area (Å²) in [4.78, 5) is 23.5. The van der Waals surface area contributed by atoms with Crippen LogP contribution in [-0.4, -0.2) is 29.2 Å². The van der Waals surface area contributed by atoms with E-state index in [1.54, 1.807) is 0 Å². The van der Waals surface area contributed by atoms with Crippen LogP contribution >= 0.6 is 0 Å². The third-order valence-electron chi connectivity index (χ3n) is 8.75. The van der Waals surface area contributed by atoms with Crippen LogP contribution in [0.2, 0.25) is 0 Å². The number of carbonyl (C=O) groups is 2. The number of fused-ring (bicyclic) bond motifs is 5. The van der Waals surface area contributed by atoms with Crippen molar-refractivity contribution < 1.29 is 19.4 Å². The van der Waals surface area contributed by atoms with Crippen LogP contribution in [0.5, 0.6) is 0 Å². The lowest BCUT2D eigenvalue weighted by Crippen LogP contribution is -2.54. The number of ether oxygens (including phenoxy) is 1. The smallest absolute Gasteiger partial charge is 0.302 e. The highest BCUT2D eigenvalue weighted by molar-refractivity contribution is 5.78. The minimum atomic E-state index is -0.740. The van der Waals surface area contributed by atoms with E-state index in [0.29, 0.717) is 24.2 Å². The van der Waals surface area contributed by atoms with Crippen molar-refractivity contribution in [2.24, 2.45) is 40.2 Å². The number of carbonyl (C=O) groups excluding carboxylic acids is 2. The average Bonchev–Trinajstić information content (AvgIpc) is 2.91. The van der Waals surface area contributed by atoms with Gasteiger partial charge in [-0.3, -0.25) is 9.59 Å². The molecule has 4 aliphatic rings. The van der Waals surface area contributed by atoms with Crippen LogP contribution < -0.4 is 5.73 Å². The first-order chi connectivity index (χ1) is 12.7. The molecule has 3 N–H and O–H groups in total. The topological polar surface area (TPSA) is 89.6 Å². The molecule has 5 heteroatoms. The van der Waals surface area contributed by atoms with Gasteiger partial charge in [0, 0.05) is 12.3 Å². The first-order valence-electron chi connectivity index (χ1n) is 10.5. The Labute approximate surface area is 161 Å². The maximum absolute atomic E-state index is 11.9. The molecule has 4 aliphatic carbocycles. The second-order valence-corrected chi connectivity index (χ2v) is 9.95. The van der Waals surface area contributed by atoms with Gasteiger partial charge in [-0.2, -0.15) is 0 Å². The molecule has 8 atom stereocenters. The van der Waals surface area contributed by atoms with Crippen molar-refractivity contribution in [1.29, 1.82) is 0 Å². The number of hydrogen-bond donors (Lipinski definition) is 2. The number of nitrogens with two attached hydrogens (primary N) is 1. The molecule has 150 valence electrons. The molecule has 0 bridgehead atoms. The van der Waals surface area contributed by atoms with Crippen molar-refractivity contribution >= 4 is 11.9 Å². The Morgan fingerprint density at radius 1 is 1.19 bits per heavy atom. The fraction of sp³-hybridized carbons (Fsp3) is 0.818. The summed E-state index contributed by atoms with van der Waals surface area (Å²) < 4.78 is 5.71. The van der Waals surface area contributed by atoms with E-state index >= 15 is 0 Å². The monoisotopic (exact) mass is 375 g/mol. The number of allylic oxidation sites excluding steroid dienone is 1. The molecule has 3 saturated carbocycles. The van der Waals surface area contributed by atoms with Crippen molar-refractivity contribution in [2.45, 2.75) is 77.9 Å². The number of esters is 1. The van der Waals surface area contributed by atoms with Crippen LogP contribution in [0, 0.1) is 34.5 Å². The van der Waals surface area contributed by atoms with Crippen LogP contribution in [0.1, 0.15) is 65.7 Å². The van der Waals surface area contributed by atoms with Gasteiger partial charge in [0.25, 0.3) is 0 Å². The molecule has 1 amide bonds. The van der Waals surface area contributed by atoms with E-state index in [1.807, 2.05) is 6.08 Å². The third-order valence-corrected chi connectivity index (χ3v) is 8.75. The Morgan fingerprint density at radius 3 is 2.59 bits per heavy atom. The maximum atomic E-state index is 11.9. The quantitative estimate of drug-likeness (QED) is 0.573. The Kier molecular flexibility index (Phi) is 4.45. The van der Waals surface area contributed by atoms with Crippen molar-refractivity contribution in [3.63, 3.8) is 0 Å². The zero-order valence-corrected chi connectivity index (χ0v) is 16.7. The van der Waals surface area contributed by atoms with Crippen molar-refractivity contribution in [1.82, 2.24) is 0 Å². The predicted octanol–water partition coefficient (Wildman–Crippen LogP) is 2.95. The molecule has 0 saturated heterocycles. The summed E-state index contributed by atoms with van der Waals surface area (Å²) in [7, 11) is 0. The largest absolute Gasteiger partial charge is 0.462 e. The molecule has 0 spiro atoms. The minimum absolute atomic E-state index is 0.0391. The number of primary amides is 1. The van der Waals surface area contributed by atoms with Gasteiger partial charge in [0.05, 0.1) is 12.0 Å². The van der Waals surface area contributed by atoms with Gasteiger partial charge in [-0.15, -0.1) is 0 Å². The molecule has 0 radical (unpaired) electrons. The highest BCUT2D eigenvalue weighted by Crippen LogP contribution is 2.66. The summed E-state index contributed by atoms with van der Waals surface area (Å²) >= 11 is 0. The molecule has 0 aliphatic heterocycles. The van der Waals surface area contributed by atoms with Crippen LogP contribution in [0.15, 0.2) is 11.6 Å². The second kappa shape index (κ2) is 6.33. The number of hydrogen-bond acceptors (Lipinski definition) is 4. The first-order valence-corrected chi connectivity index (χ1v) is 10.5. The van der Waals surface area contributed by atoms with Crippen molar-refractivity contribution in [3.05, 3.63) is 11.6 Å². The molecule has 0 heterocycles. The highest BCUT2D eigenvalue weighted by Gasteiger charge is 2.60. The summed E-state index contributed by atoms with van der Waals surface area (Å²) in [5, 5.41) is 10.4. The highest BCUT2D eigenvalue weighted by atomic mass is 16.5. The fourth-order valence-electron chi connectivity index (χ4n) is 7.40. The molecule has 3 fully saturated rings. The zero-order chi connectivity index (χ0) is 19.6. The van der Waals surface area contributed by atoms with Gasteiger partial charge in [-0.1, -0.05) is 25.5 Å². The lowest BCUT2D eigenvalue weighted by molar-refractivity contribution is -0.157. The number of amides is 1. The number of rotatable bonds is 2. The second-order valence-electron chi connectivity index (χ2n) is 9.95. The summed E-state index contributed by atoms with van der Waals surface area (Å²) in [5.74, 6) is 0.630. The van der Waals surface area contributed by atoms with E-state index < -0.39 is 17.9 Å². The summed E-state index contributed by atoms with van der Waals surface area (Å²) in [6.45, 7) is 6.12. The number of aliphatic hydroxyl groups excluding tert-OH is 1. The zero-order valence-electron chi connectivity index (χ0n) is 16.7. The van der Waals surface area contributed by atoms with Gasteiger partial charge in [-0.25, -0.2) is 0 Å². The third kappa shape index (κ3) is 2.76. The normalized spacial score (nSPS) is 48.7. The standard InChI is InChI=1S/C22H33NO4/c1-12(24)27-19-7-6-16-14-5-4-13-10-18(25)15(20(23)26)11-22(13,3)17(14)8-9-21(16,19)2/h10,14-19,25H,4-9,11H2,1-3H3,(H2,23,26)/t14-,15?,16-,17-,18-,19-,21-,22-/m0/s1. The Morgan fingerprint density at radius 2 is 1.93 bits per heavy atom. The molecule has 0 aromatic carbocycles. The van der Waals surface area contributed by atoms with E-state index in [2.05, 4.69) is 13.8 Å². The summed E-state index contributed by atoms with van der Waals surface area (Å²) in [6, 6.07) is 0. The van der Waals surface area contributed by atoms with Gasteiger partial charge >= 0.3 is 5.97 Å². The molecular weight excluding hydrogens is 342 g/mol. The van der Waals surface area contributed by atoms with E-state index in [0.717, 1.165) is 38.5 Å². The van der Waals surface area contributed by atoms with Crippen molar-refractivity contribution in [3.8, 4) is 0 Å². The first kappa shape index (κ1) is 19.0. The van der Waals surface area contributed by atoms with Gasteiger partial charge in [0.1, 0.15) is 6.10 Å². The fourth-order valence-corrected chi connectivity index (χ4v) is 7.40. The Balaban J connectivity index is 1.63. The van der Waals surface area contributed by atoms with E-state index in [4.69, 9.17) is 10.5 Å². The van der Waals surface area contributed by atoms with Crippen LogP contribution in [-0.2, 0) is 14.3 Å². The minimum Gasteiger partial charge on any atom is -0.462 e. The molecular formula is C22H33NO4. The Bertz CT molecular complexity index is 688. The lowest BCUT2D eigenvalue weighted by atomic mass is 9.46. The van der Waals surface area contributed by atoms with Gasteiger partial charge in [0.2, 0.25) is 5.91 Å². The average molecular weight is 376 g/mol. The van der Waals surface area contributed by atoms with Crippen LogP contribution in [0.25, 0.3) is 0 Å². The van der Waals surface area contributed by atoms with Crippen LogP contribution in [0.4, 0.5) is 0 Å². The summed E-state index contributed by atoms with van der Waals surface area (Å²) in [5.41, 5.74) is 6.94.